The lowest BCUT2D eigenvalue weighted by molar-refractivity contribution is -0.141. The standard InChI is InChI=1S/C16H13NO3S/c18-14-11-6-1-4-10-5-2-8-17(13(10)11)16(14,15(19)20)12-7-3-9-21-12/h1,3-4,6-7,9H,2,5,8H2,(H,19,20)/t16-/m1/s1. The number of rotatable bonds is 2. The van der Waals surface area contributed by atoms with Crippen molar-refractivity contribution in [3.63, 3.8) is 0 Å². The molecule has 0 fully saturated rings. The minimum absolute atomic E-state index is 0.309. The molecule has 2 aliphatic heterocycles. The van der Waals surface area contributed by atoms with E-state index in [1.807, 2.05) is 17.5 Å². The molecule has 0 amide bonds. The predicted octanol–water partition coefficient (Wildman–Crippen LogP) is 2.68. The highest BCUT2D eigenvalue weighted by atomic mass is 32.1. The third kappa shape index (κ3) is 1.39. The van der Waals surface area contributed by atoms with E-state index < -0.39 is 11.5 Å². The van der Waals surface area contributed by atoms with Gasteiger partial charge in [0.15, 0.2) is 0 Å². The second-order valence-corrected chi connectivity index (χ2v) is 6.34. The van der Waals surface area contributed by atoms with Crippen LogP contribution in [-0.4, -0.2) is 23.4 Å². The summed E-state index contributed by atoms with van der Waals surface area (Å²) in [5.74, 6) is -1.39. The van der Waals surface area contributed by atoms with Gasteiger partial charge in [-0.25, -0.2) is 4.79 Å². The highest BCUT2D eigenvalue weighted by Gasteiger charge is 2.60. The Kier molecular flexibility index (Phi) is 2.50. The Morgan fingerprint density at radius 3 is 2.86 bits per heavy atom. The van der Waals surface area contributed by atoms with Gasteiger partial charge in [-0.3, -0.25) is 4.79 Å². The van der Waals surface area contributed by atoms with Crippen LogP contribution in [0.2, 0.25) is 0 Å². The van der Waals surface area contributed by atoms with Gasteiger partial charge in [0, 0.05) is 17.0 Å². The Bertz CT molecular complexity index is 753. The minimum atomic E-state index is -1.58. The lowest BCUT2D eigenvalue weighted by atomic mass is 9.90. The second-order valence-electron chi connectivity index (χ2n) is 5.39. The van der Waals surface area contributed by atoms with Gasteiger partial charge in [0.05, 0.1) is 5.69 Å². The summed E-state index contributed by atoms with van der Waals surface area (Å²) in [7, 11) is 0. The van der Waals surface area contributed by atoms with Crippen LogP contribution in [0.1, 0.15) is 27.2 Å². The number of ketones is 1. The molecule has 21 heavy (non-hydrogen) atoms. The van der Waals surface area contributed by atoms with Crippen LogP contribution < -0.4 is 4.90 Å². The first-order valence-electron chi connectivity index (χ1n) is 6.89. The summed E-state index contributed by atoms with van der Waals surface area (Å²) in [4.78, 5) is 27.5. The number of benzene rings is 1. The number of carboxylic acids is 1. The summed E-state index contributed by atoms with van der Waals surface area (Å²) < 4.78 is 0. The summed E-state index contributed by atoms with van der Waals surface area (Å²) in [5.41, 5.74) is 0.867. The number of aliphatic carboxylic acids is 1. The second kappa shape index (κ2) is 4.18. The molecule has 4 nitrogen and oxygen atoms in total. The largest absolute Gasteiger partial charge is 0.479 e. The number of hydrogen-bond donors (Lipinski definition) is 1. The number of carbonyl (C=O) groups is 2. The Morgan fingerprint density at radius 2 is 2.14 bits per heavy atom. The van der Waals surface area contributed by atoms with Crippen molar-refractivity contribution >= 4 is 28.8 Å². The van der Waals surface area contributed by atoms with E-state index in [0.29, 0.717) is 17.0 Å². The number of hydrogen-bond acceptors (Lipinski definition) is 4. The van der Waals surface area contributed by atoms with Crippen LogP contribution in [0.3, 0.4) is 0 Å². The van der Waals surface area contributed by atoms with Crippen molar-refractivity contribution in [2.75, 3.05) is 11.4 Å². The van der Waals surface area contributed by atoms with Crippen LogP contribution in [0.15, 0.2) is 35.7 Å². The number of Topliss-reactive ketones (excluding diaryl/α,β-unsaturated/α-hetero) is 1. The van der Waals surface area contributed by atoms with E-state index in [1.54, 1.807) is 23.1 Å². The highest BCUT2D eigenvalue weighted by Crippen LogP contribution is 2.49. The average molecular weight is 299 g/mol. The van der Waals surface area contributed by atoms with Gasteiger partial charge < -0.3 is 10.0 Å². The van der Waals surface area contributed by atoms with Gasteiger partial charge in [-0.1, -0.05) is 18.2 Å². The zero-order chi connectivity index (χ0) is 14.6. The van der Waals surface area contributed by atoms with Gasteiger partial charge in [0.1, 0.15) is 0 Å². The van der Waals surface area contributed by atoms with Crippen LogP contribution in [-0.2, 0) is 16.8 Å². The van der Waals surface area contributed by atoms with E-state index in [4.69, 9.17) is 0 Å². The smallest absolute Gasteiger partial charge is 0.343 e. The molecule has 1 aromatic carbocycles. The van der Waals surface area contributed by atoms with Crippen LogP contribution in [0.5, 0.6) is 0 Å². The molecule has 3 heterocycles. The number of para-hydroxylation sites is 1. The Balaban J connectivity index is 2.05. The zero-order valence-corrected chi connectivity index (χ0v) is 12.0. The Labute approximate surface area is 125 Å². The Morgan fingerprint density at radius 1 is 1.29 bits per heavy atom. The molecule has 0 radical (unpaired) electrons. The maximum atomic E-state index is 13.0. The van der Waals surface area contributed by atoms with Crippen molar-refractivity contribution < 1.29 is 14.7 Å². The van der Waals surface area contributed by atoms with Crippen molar-refractivity contribution in [3.05, 3.63) is 51.7 Å². The SMILES string of the molecule is O=C(O)[C@@]1(c2cccs2)C(=O)c2cccc3c2N1CCC3. The molecular weight excluding hydrogens is 286 g/mol. The van der Waals surface area contributed by atoms with Gasteiger partial charge >= 0.3 is 5.97 Å². The summed E-state index contributed by atoms with van der Waals surface area (Å²) >= 11 is 1.33. The first-order valence-corrected chi connectivity index (χ1v) is 7.77. The topological polar surface area (TPSA) is 57.6 Å². The van der Waals surface area contributed by atoms with Crippen LogP contribution >= 0.6 is 11.3 Å². The molecular formula is C16H13NO3S. The molecule has 4 rings (SSSR count). The molecule has 1 N–H and O–H groups in total. The fourth-order valence-corrected chi connectivity index (χ4v) is 4.46. The molecule has 0 spiro atoms. The molecule has 0 bridgehead atoms. The van der Waals surface area contributed by atoms with Crippen molar-refractivity contribution in [2.45, 2.75) is 18.4 Å². The fraction of sp³-hybridized carbons (Fsp3) is 0.250. The van der Waals surface area contributed by atoms with E-state index in [0.717, 1.165) is 24.1 Å². The third-order valence-corrected chi connectivity index (χ3v) is 5.36. The first kappa shape index (κ1) is 12.6. The number of carboxylic acid groups (broad SMARTS) is 1. The lowest BCUT2D eigenvalue weighted by Crippen LogP contribution is -2.54. The molecule has 0 unspecified atom stereocenters. The molecule has 106 valence electrons. The molecule has 5 heteroatoms. The average Bonchev–Trinajstić information content (AvgIpc) is 3.08. The van der Waals surface area contributed by atoms with E-state index in [9.17, 15) is 14.7 Å². The highest BCUT2D eigenvalue weighted by molar-refractivity contribution is 7.10. The fourth-order valence-electron chi connectivity index (χ4n) is 3.53. The molecule has 0 saturated carbocycles. The summed E-state index contributed by atoms with van der Waals surface area (Å²) in [6.07, 6.45) is 1.76. The van der Waals surface area contributed by atoms with Gasteiger partial charge in [-0.2, -0.15) is 0 Å². The maximum Gasteiger partial charge on any atom is 0.343 e. The monoisotopic (exact) mass is 299 g/mol. The lowest BCUT2D eigenvalue weighted by Gasteiger charge is -2.37. The van der Waals surface area contributed by atoms with E-state index in [-0.39, 0.29) is 5.78 Å². The van der Waals surface area contributed by atoms with E-state index in [2.05, 4.69) is 0 Å². The third-order valence-electron chi connectivity index (χ3n) is 4.38. The molecule has 1 aromatic heterocycles. The van der Waals surface area contributed by atoms with Gasteiger partial charge in [-0.05, 0) is 35.9 Å². The van der Waals surface area contributed by atoms with Crippen molar-refractivity contribution in [2.24, 2.45) is 0 Å². The Hall–Kier alpha value is -2.14. The quantitative estimate of drug-likeness (QED) is 0.866. The van der Waals surface area contributed by atoms with Crippen LogP contribution in [0.4, 0.5) is 5.69 Å². The molecule has 1 atom stereocenters. The number of nitrogens with zero attached hydrogens (tertiary/aromatic N) is 1. The van der Waals surface area contributed by atoms with Crippen molar-refractivity contribution in [1.82, 2.24) is 0 Å². The van der Waals surface area contributed by atoms with Crippen molar-refractivity contribution in [1.29, 1.82) is 0 Å². The van der Waals surface area contributed by atoms with E-state index in [1.165, 1.54) is 11.3 Å². The van der Waals surface area contributed by atoms with Gasteiger partial charge in [0.25, 0.3) is 0 Å². The van der Waals surface area contributed by atoms with E-state index >= 15 is 0 Å². The summed E-state index contributed by atoms with van der Waals surface area (Å²) in [5, 5.41) is 11.8. The van der Waals surface area contributed by atoms with Crippen LogP contribution in [0.25, 0.3) is 0 Å². The van der Waals surface area contributed by atoms with Crippen molar-refractivity contribution in [3.8, 4) is 0 Å². The number of anilines is 1. The minimum Gasteiger partial charge on any atom is -0.479 e. The maximum absolute atomic E-state index is 13.0. The molecule has 2 aromatic rings. The molecule has 0 aliphatic carbocycles. The molecule has 2 aliphatic rings. The molecule has 0 saturated heterocycles. The van der Waals surface area contributed by atoms with Gasteiger partial charge in [-0.15, -0.1) is 11.3 Å². The number of aryl methyl sites for hydroxylation is 1. The normalized spacial score (nSPS) is 23.2. The first-order chi connectivity index (χ1) is 10.2. The van der Waals surface area contributed by atoms with Gasteiger partial charge in [0.2, 0.25) is 11.3 Å². The predicted molar refractivity (Wildman–Crippen MR) is 80.1 cm³/mol. The summed E-state index contributed by atoms with van der Waals surface area (Å²) in [6, 6.07) is 9.13. The van der Waals surface area contributed by atoms with Crippen LogP contribution in [0, 0.1) is 0 Å². The zero-order valence-electron chi connectivity index (χ0n) is 11.2. The number of thiophene rings is 1. The number of carbonyl (C=O) groups excluding carboxylic acids is 1. The summed E-state index contributed by atoms with van der Waals surface area (Å²) in [6.45, 7) is 0.597.